The van der Waals surface area contributed by atoms with E-state index in [1.54, 1.807) is 11.3 Å². The number of rotatable bonds is 4. The third-order valence-electron chi connectivity index (χ3n) is 3.74. The van der Waals surface area contributed by atoms with E-state index in [1.165, 1.54) is 10.8 Å². The van der Waals surface area contributed by atoms with Crippen molar-refractivity contribution in [2.45, 2.75) is 13.8 Å². The lowest BCUT2D eigenvalue weighted by Crippen LogP contribution is -1.95. The summed E-state index contributed by atoms with van der Waals surface area (Å²) < 4.78 is 5.65. The third-order valence-corrected chi connectivity index (χ3v) is 4.93. The number of hydrogen-bond acceptors (Lipinski definition) is 6. The van der Waals surface area contributed by atoms with Crippen molar-refractivity contribution in [2.24, 2.45) is 0 Å². The van der Waals surface area contributed by atoms with Crippen LogP contribution in [0.1, 0.15) is 12.6 Å². The van der Waals surface area contributed by atoms with E-state index in [1.807, 2.05) is 26.0 Å². The topological polar surface area (TPSA) is 63.8 Å². The second kappa shape index (κ2) is 6.05. The fraction of sp³-hybridized carbons (Fsp3) is 0.167. The molecule has 0 amide bonds. The van der Waals surface area contributed by atoms with Crippen LogP contribution in [-0.2, 0) is 0 Å². The average Bonchev–Trinajstić information content (AvgIpc) is 3.21. The molecule has 0 aliphatic heterocycles. The maximum Gasteiger partial charge on any atom is 0.315 e. The molecule has 0 saturated heterocycles. The smallest absolute Gasteiger partial charge is 0.315 e. The first-order valence-electron chi connectivity index (χ1n) is 7.79. The van der Waals surface area contributed by atoms with Gasteiger partial charge < -0.3 is 9.73 Å². The molecular weight excluding hydrogens is 320 g/mol. The molecule has 120 valence electrons. The van der Waals surface area contributed by atoms with Gasteiger partial charge in [-0.1, -0.05) is 41.5 Å². The van der Waals surface area contributed by atoms with E-state index in [4.69, 9.17) is 4.42 Å². The summed E-state index contributed by atoms with van der Waals surface area (Å²) in [5.74, 6) is 0.507. The first-order valence-corrected chi connectivity index (χ1v) is 8.60. The van der Waals surface area contributed by atoms with Crippen LogP contribution in [0.3, 0.4) is 0 Å². The van der Waals surface area contributed by atoms with E-state index in [-0.39, 0.29) is 0 Å². The molecule has 0 aliphatic carbocycles. The number of hydrogen-bond donors (Lipinski definition) is 1. The molecule has 24 heavy (non-hydrogen) atoms. The Bertz CT molecular complexity index is 1010. The predicted molar refractivity (Wildman–Crippen MR) is 97.2 cm³/mol. The van der Waals surface area contributed by atoms with Crippen LogP contribution in [0.5, 0.6) is 0 Å². The van der Waals surface area contributed by atoms with Crippen molar-refractivity contribution in [2.75, 3.05) is 11.9 Å². The number of aromatic nitrogens is 3. The van der Waals surface area contributed by atoms with Crippen molar-refractivity contribution in [3.63, 3.8) is 0 Å². The molecule has 2 heterocycles. The highest BCUT2D eigenvalue weighted by Crippen LogP contribution is 2.35. The van der Waals surface area contributed by atoms with Crippen molar-refractivity contribution in [1.29, 1.82) is 0 Å². The quantitative estimate of drug-likeness (QED) is 0.582. The third kappa shape index (κ3) is 2.65. The summed E-state index contributed by atoms with van der Waals surface area (Å²) >= 11 is 1.57. The summed E-state index contributed by atoms with van der Waals surface area (Å²) in [6.07, 6.45) is 0. The highest BCUT2D eigenvalue weighted by Gasteiger charge is 2.17. The Hall–Kier alpha value is -2.73. The molecule has 0 atom stereocenters. The van der Waals surface area contributed by atoms with E-state index < -0.39 is 0 Å². The van der Waals surface area contributed by atoms with Gasteiger partial charge in [-0.2, -0.15) is 0 Å². The molecule has 0 saturated carbocycles. The van der Waals surface area contributed by atoms with Crippen LogP contribution in [-0.4, -0.2) is 21.7 Å². The SMILES string of the molecule is CCNc1nnc(-c2sc(-c3ccc4ccccc4c3)nc2C)o1. The molecule has 2 aromatic heterocycles. The molecule has 1 N–H and O–H groups in total. The van der Waals surface area contributed by atoms with Crippen LogP contribution in [0.15, 0.2) is 46.9 Å². The molecule has 0 radical (unpaired) electrons. The minimum atomic E-state index is 0.438. The largest absolute Gasteiger partial charge is 0.402 e. The second-order valence-electron chi connectivity index (χ2n) is 5.44. The van der Waals surface area contributed by atoms with Crippen LogP contribution in [0, 0.1) is 6.92 Å². The van der Waals surface area contributed by atoms with Crippen LogP contribution in [0.2, 0.25) is 0 Å². The average molecular weight is 336 g/mol. The van der Waals surface area contributed by atoms with E-state index in [9.17, 15) is 0 Å². The lowest BCUT2D eigenvalue weighted by Gasteiger charge is -2.00. The summed E-state index contributed by atoms with van der Waals surface area (Å²) in [6.45, 7) is 4.69. The van der Waals surface area contributed by atoms with Crippen LogP contribution in [0.25, 0.3) is 32.1 Å². The fourth-order valence-corrected chi connectivity index (χ4v) is 3.56. The van der Waals surface area contributed by atoms with Crippen molar-refractivity contribution in [1.82, 2.24) is 15.2 Å². The van der Waals surface area contributed by atoms with Crippen molar-refractivity contribution < 1.29 is 4.42 Å². The zero-order chi connectivity index (χ0) is 16.5. The molecule has 2 aromatic carbocycles. The number of benzene rings is 2. The Morgan fingerprint density at radius 1 is 1.08 bits per heavy atom. The normalized spacial score (nSPS) is 11.1. The molecule has 0 unspecified atom stereocenters. The predicted octanol–water partition coefficient (Wildman–Crippen LogP) is 4.75. The van der Waals surface area contributed by atoms with Crippen molar-refractivity contribution in [3.8, 4) is 21.3 Å². The molecule has 0 aliphatic rings. The zero-order valence-electron chi connectivity index (χ0n) is 13.4. The Kier molecular flexibility index (Phi) is 3.74. The molecule has 0 fully saturated rings. The maximum atomic E-state index is 5.65. The first-order chi connectivity index (χ1) is 11.7. The van der Waals surface area contributed by atoms with Gasteiger partial charge in [-0.05, 0) is 30.7 Å². The molecule has 5 nitrogen and oxygen atoms in total. The Balaban J connectivity index is 1.73. The molecule has 4 aromatic rings. The number of aryl methyl sites for hydroxylation is 1. The van der Waals surface area contributed by atoms with Crippen LogP contribution in [0.4, 0.5) is 6.01 Å². The Morgan fingerprint density at radius 2 is 1.92 bits per heavy atom. The molecule has 0 bridgehead atoms. The summed E-state index contributed by atoms with van der Waals surface area (Å²) in [5, 5.41) is 14.5. The van der Waals surface area contributed by atoms with Gasteiger partial charge in [-0.15, -0.1) is 16.4 Å². The van der Waals surface area contributed by atoms with Gasteiger partial charge in [0.2, 0.25) is 0 Å². The van der Waals surface area contributed by atoms with E-state index in [2.05, 4.69) is 50.8 Å². The van der Waals surface area contributed by atoms with Gasteiger partial charge in [0.25, 0.3) is 5.89 Å². The molecule has 4 rings (SSSR count). The lowest BCUT2D eigenvalue weighted by molar-refractivity contribution is 0.583. The molecular formula is C18H16N4OS. The monoisotopic (exact) mass is 336 g/mol. The van der Waals surface area contributed by atoms with E-state index in [0.717, 1.165) is 27.7 Å². The van der Waals surface area contributed by atoms with Gasteiger partial charge in [0.1, 0.15) is 9.88 Å². The van der Waals surface area contributed by atoms with Gasteiger partial charge in [0.15, 0.2) is 0 Å². The molecule has 0 spiro atoms. The number of thiazole rings is 1. The second-order valence-corrected chi connectivity index (χ2v) is 6.44. The first kappa shape index (κ1) is 14.8. The van der Waals surface area contributed by atoms with E-state index >= 15 is 0 Å². The summed E-state index contributed by atoms with van der Waals surface area (Å²) in [7, 11) is 0. The number of nitrogens with zero attached hydrogens (tertiary/aromatic N) is 3. The van der Waals surface area contributed by atoms with Gasteiger partial charge in [0.05, 0.1) is 5.69 Å². The number of anilines is 1. The van der Waals surface area contributed by atoms with Gasteiger partial charge in [-0.25, -0.2) is 4.98 Å². The van der Waals surface area contributed by atoms with Crippen molar-refractivity contribution in [3.05, 3.63) is 48.2 Å². The standard InChI is InChI=1S/C18H16N4OS/c1-3-19-18-22-21-16(23-18)15-11(2)20-17(24-15)14-9-8-12-6-4-5-7-13(12)10-14/h4-10H,3H2,1-2H3,(H,19,22). The highest BCUT2D eigenvalue weighted by atomic mass is 32.1. The van der Waals surface area contributed by atoms with Gasteiger partial charge in [-0.3, -0.25) is 0 Å². The Morgan fingerprint density at radius 3 is 2.75 bits per heavy atom. The summed E-state index contributed by atoms with van der Waals surface area (Å²) in [4.78, 5) is 5.60. The number of fused-ring (bicyclic) bond motifs is 1. The van der Waals surface area contributed by atoms with E-state index in [0.29, 0.717) is 11.9 Å². The van der Waals surface area contributed by atoms with Gasteiger partial charge in [0, 0.05) is 12.1 Å². The minimum absolute atomic E-state index is 0.438. The summed E-state index contributed by atoms with van der Waals surface area (Å²) in [5.41, 5.74) is 1.99. The van der Waals surface area contributed by atoms with Crippen LogP contribution >= 0.6 is 11.3 Å². The summed E-state index contributed by atoms with van der Waals surface area (Å²) in [6, 6.07) is 15.1. The minimum Gasteiger partial charge on any atom is -0.402 e. The Labute approximate surface area is 143 Å². The van der Waals surface area contributed by atoms with Crippen molar-refractivity contribution >= 4 is 28.1 Å². The highest BCUT2D eigenvalue weighted by molar-refractivity contribution is 7.18. The van der Waals surface area contributed by atoms with Gasteiger partial charge >= 0.3 is 6.01 Å². The molecule has 6 heteroatoms. The van der Waals surface area contributed by atoms with Crippen LogP contribution < -0.4 is 5.32 Å². The maximum absolute atomic E-state index is 5.65. The number of nitrogens with one attached hydrogen (secondary N) is 1. The zero-order valence-corrected chi connectivity index (χ0v) is 14.2. The fourth-order valence-electron chi connectivity index (χ4n) is 2.58. The lowest BCUT2D eigenvalue weighted by atomic mass is 10.1.